The molecule has 0 unspecified atom stereocenters. The molecule has 0 radical (unpaired) electrons. The number of hydrogen-bond acceptors (Lipinski definition) is 5. The first-order valence-corrected chi connectivity index (χ1v) is 10.9. The monoisotopic (exact) mass is 418 g/mol. The third-order valence-corrected chi connectivity index (χ3v) is 6.01. The van der Waals surface area contributed by atoms with Gasteiger partial charge >= 0.3 is 5.97 Å². The van der Waals surface area contributed by atoms with Gasteiger partial charge in [-0.05, 0) is 44.0 Å². The summed E-state index contributed by atoms with van der Waals surface area (Å²) in [5.41, 5.74) is 1.39. The second-order valence-electron chi connectivity index (χ2n) is 6.43. The second kappa shape index (κ2) is 10.2. The standard InChI is InChI=1S/C21H26N2O5S/c1-4-23(5-2)20(24)15-28-21(25)18-12-11-16(3)19(13-18)29(26,27)22-14-17-9-7-6-8-10-17/h6-13,22H,4-5,14-15H2,1-3H3. The van der Waals surface area contributed by atoms with Gasteiger partial charge in [0.15, 0.2) is 6.61 Å². The zero-order valence-electron chi connectivity index (χ0n) is 16.8. The molecule has 0 bridgehead atoms. The van der Waals surface area contributed by atoms with E-state index in [1.165, 1.54) is 12.1 Å². The summed E-state index contributed by atoms with van der Waals surface area (Å²) in [6.45, 7) is 6.11. The molecule has 0 aliphatic rings. The Hall–Kier alpha value is -2.71. The van der Waals surface area contributed by atoms with Crippen LogP contribution in [0.1, 0.15) is 35.3 Å². The summed E-state index contributed by atoms with van der Waals surface area (Å²) in [7, 11) is -3.83. The number of rotatable bonds is 9. The number of benzene rings is 2. The molecular weight excluding hydrogens is 392 g/mol. The Morgan fingerprint density at radius 3 is 2.31 bits per heavy atom. The number of nitrogens with one attached hydrogen (secondary N) is 1. The van der Waals surface area contributed by atoms with Gasteiger partial charge in [-0.3, -0.25) is 4.79 Å². The summed E-state index contributed by atoms with van der Waals surface area (Å²) in [6.07, 6.45) is 0. The fourth-order valence-corrected chi connectivity index (χ4v) is 4.03. The summed E-state index contributed by atoms with van der Waals surface area (Å²) >= 11 is 0. The van der Waals surface area contributed by atoms with Crippen molar-refractivity contribution in [2.45, 2.75) is 32.2 Å². The smallest absolute Gasteiger partial charge is 0.338 e. The van der Waals surface area contributed by atoms with Gasteiger partial charge in [-0.25, -0.2) is 17.9 Å². The molecule has 2 aromatic carbocycles. The molecule has 2 rings (SSSR count). The molecule has 0 aromatic heterocycles. The molecule has 0 atom stereocenters. The lowest BCUT2D eigenvalue weighted by atomic mass is 10.1. The average molecular weight is 419 g/mol. The van der Waals surface area contributed by atoms with E-state index in [2.05, 4.69) is 4.72 Å². The van der Waals surface area contributed by atoms with Crippen LogP contribution < -0.4 is 4.72 Å². The lowest BCUT2D eigenvalue weighted by Crippen LogP contribution is -2.34. The van der Waals surface area contributed by atoms with Crippen molar-refractivity contribution >= 4 is 21.9 Å². The van der Waals surface area contributed by atoms with Crippen molar-refractivity contribution in [3.8, 4) is 0 Å². The predicted molar refractivity (Wildman–Crippen MR) is 110 cm³/mol. The van der Waals surface area contributed by atoms with Crippen LogP contribution in [0.25, 0.3) is 0 Å². The minimum absolute atomic E-state index is 0.00190. The molecule has 2 aromatic rings. The van der Waals surface area contributed by atoms with Crippen LogP contribution in [0, 0.1) is 6.92 Å². The van der Waals surface area contributed by atoms with E-state index in [4.69, 9.17) is 4.74 Å². The van der Waals surface area contributed by atoms with Gasteiger partial charge in [0.25, 0.3) is 5.91 Å². The number of amides is 1. The molecule has 0 spiro atoms. The molecule has 1 amide bonds. The lowest BCUT2D eigenvalue weighted by molar-refractivity contribution is -0.134. The highest BCUT2D eigenvalue weighted by Crippen LogP contribution is 2.18. The van der Waals surface area contributed by atoms with Gasteiger partial charge in [0.1, 0.15) is 0 Å². The van der Waals surface area contributed by atoms with Crippen molar-refractivity contribution in [3.05, 3.63) is 65.2 Å². The van der Waals surface area contributed by atoms with E-state index < -0.39 is 16.0 Å². The van der Waals surface area contributed by atoms with Crippen LogP contribution in [0.5, 0.6) is 0 Å². The van der Waals surface area contributed by atoms with Crippen LogP contribution in [-0.4, -0.2) is 44.9 Å². The summed E-state index contributed by atoms with van der Waals surface area (Å²) in [4.78, 5) is 25.8. The number of hydrogen-bond donors (Lipinski definition) is 1. The van der Waals surface area contributed by atoms with Gasteiger partial charge in [0, 0.05) is 19.6 Å². The Kier molecular flexibility index (Phi) is 7.92. The van der Waals surface area contributed by atoms with E-state index in [1.807, 2.05) is 44.2 Å². The Morgan fingerprint density at radius 1 is 1.03 bits per heavy atom. The quantitative estimate of drug-likeness (QED) is 0.632. The molecule has 7 nitrogen and oxygen atoms in total. The second-order valence-corrected chi connectivity index (χ2v) is 8.17. The number of carbonyl (C=O) groups is 2. The minimum Gasteiger partial charge on any atom is -0.452 e. The fourth-order valence-electron chi connectivity index (χ4n) is 2.75. The summed E-state index contributed by atoms with van der Waals surface area (Å²) in [5, 5.41) is 0. The first-order chi connectivity index (χ1) is 13.8. The van der Waals surface area contributed by atoms with Gasteiger partial charge in [0.2, 0.25) is 10.0 Å². The maximum atomic E-state index is 12.7. The molecular formula is C21H26N2O5S. The van der Waals surface area contributed by atoms with Crippen molar-refractivity contribution < 1.29 is 22.7 Å². The molecule has 1 N–H and O–H groups in total. The van der Waals surface area contributed by atoms with Crippen molar-refractivity contribution in [1.82, 2.24) is 9.62 Å². The zero-order chi connectivity index (χ0) is 21.4. The molecule has 0 heterocycles. The largest absolute Gasteiger partial charge is 0.452 e. The van der Waals surface area contributed by atoms with Crippen molar-refractivity contribution in [1.29, 1.82) is 0 Å². The molecule has 29 heavy (non-hydrogen) atoms. The van der Waals surface area contributed by atoms with Crippen LogP contribution in [0.4, 0.5) is 0 Å². The Labute approximate surface area is 171 Å². The Morgan fingerprint density at radius 2 is 1.69 bits per heavy atom. The van der Waals surface area contributed by atoms with Crippen molar-refractivity contribution in [3.63, 3.8) is 0 Å². The number of nitrogens with zero attached hydrogens (tertiary/aromatic N) is 1. The van der Waals surface area contributed by atoms with Gasteiger partial charge in [-0.1, -0.05) is 36.4 Å². The van der Waals surface area contributed by atoms with Crippen molar-refractivity contribution in [2.24, 2.45) is 0 Å². The average Bonchev–Trinajstić information content (AvgIpc) is 2.72. The van der Waals surface area contributed by atoms with E-state index in [0.717, 1.165) is 5.56 Å². The van der Waals surface area contributed by atoms with E-state index >= 15 is 0 Å². The fraction of sp³-hybridized carbons (Fsp3) is 0.333. The summed E-state index contributed by atoms with van der Waals surface area (Å²) < 4.78 is 33.0. The Balaban J connectivity index is 2.11. The topological polar surface area (TPSA) is 92.8 Å². The molecule has 0 saturated heterocycles. The van der Waals surface area contributed by atoms with E-state index in [1.54, 1.807) is 17.9 Å². The van der Waals surface area contributed by atoms with Crippen LogP contribution in [0.15, 0.2) is 53.4 Å². The minimum atomic E-state index is -3.83. The summed E-state index contributed by atoms with van der Waals surface area (Å²) in [6, 6.07) is 13.4. The predicted octanol–water partition coefficient (Wildman–Crippen LogP) is 2.50. The van der Waals surface area contributed by atoms with Crippen LogP contribution >= 0.6 is 0 Å². The number of ether oxygens (including phenoxy) is 1. The number of aryl methyl sites for hydroxylation is 1. The maximum absolute atomic E-state index is 12.7. The third-order valence-electron chi connectivity index (χ3n) is 4.47. The number of sulfonamides is 1. The van der Waals surface area contributed by atoms with Crippen LogP contribution in [0.3, 0.4) is 0 Å². The number of esters is 1. The van der Waals surface area contributed by atoms with E-state index in [0.29, 0.717) is 18.7 Å². The molecule has 0 aliphatic heterocycles. The molecule has 0 aliphatic carbocycles. The van der Waals surface area contributed by atoms with Crippen LogP contribution in [-0.2, 0) is 26.1 Å². The normalized spacial score (nSPS) is 11.1. The van der Waals surface area contributed by atoms with Crippen molar-refractivity contribution in [2.75, 3.05) is 19.7 Å². The maximum Gasteiger partial charge on any atom is 0.338 e. The molecule has 0 saturated carbocycles. The number of likely N-dealkylation sites (N-methyl/N-ethyl adjacent to an activating group) is 1. The zero-order valence-corrected chi connectivity index (χ0v) is 17.7. The molecule has 0 fully saturated rings. The molecule has 156 valence electrons. The van der Waals surface area contributed by atoms with E-state index in [9.17, 15) is 18.0 Å². The highest BCUT2D eigenvalue weighted by atomic mass is 32.2. The van der Waals surface area contributed by atoms with Gasteiger partial charge in [-0.2, -0.15) is 0 Å². The van der Waals surface area contributed by atoms with Gasteiger partial charge in [-0.15, -0.1) is 0 Å². The molecule has 8 heteroatoms. The van der Waals surface area contributed by atoms with Gasteiger partial charge in [0.05, 0.1) is 10.5 Å². The van der Waals surface area contributed by atoms with Crippen LogP contribution in [0.2, 0.25) is 0 Å². The van der Waals surface area contributed by atoms with E-state index in [-0.39, 0.29) is 29.5 Å². The highest BCUT2D eigenvalue weighted by Gasteiger charge is 2.20. The highest BCUT2D eigenvalue weighted by molar-refractivity contribution is 7.89. The third kappa shape index (κ3) is 6.13. The summed E-state index contributed by atoms with van der Waals surface area (Å²) in [5.74, 6) is -1.04. The Bertz CT molecular complexity index is 954. The lowest BCUT2D eigenvalue weighted by Gasteiger charge is -2.18. The van der Waals surface area contributed by atoms with Gasteiger partial charge < -0.3 is 9.64 Å². The first kappa shape index (κ1) is 22.6. The SMILES string of the molecule is CCN(CC)C(=O)COC(=O)c1ccc(C)c(S(=O)(=O)NCc2ccccc2)c1. The number of carbonyl (C=O) groups excluding carboxylic acids is 2. The first-order valence-electron chi connectivity index (χ1n) is 9.37.